The minimum absolute atomic E-state index is 0.426. The van der Waals surface area contributed by atoms with Crippen molar-refractivity contribution >= 4 is 10.9 Å². The lowest BCUT2D eigenvalue weighted by Gasteiger charge is -2.08. The standard InChI is InChI=1S/C12H16N2/c1-8(2)14-12-6-10(4)9(3)5-11(12)7-13-14/h5-8H,1-4H3. The van der Waals surface area contributed by atoms with E-state index in [2.05, 4.69) is 49.6 Å². The molecule has 1 heterocycles. The van der Waals surface area contributed by atoms with Crippen molar-refractivity contribution in [2.24, 2.45) is 0 Å². The first kappa shape index (κ1) is 9.25. The lowest BCUT2D eigenvalue weighted by atomic mass is 10.1. The third-order valence-corrected chi connectivity index (χ3v) is 2.70. The van der Waals surface area contributed by atoms with Crippen LogP contribution in [0.5, 0.6) is 0 Å². The highest BCUT2D eigenvalue weighted by Gasteiger charge is 2.06. The molecule has 0 aliphatic carbocycles. The molecule has 0 aliphatic rings. The lowest BCUT2D eigenvalue weighted by Crippen LogP contribution is -2.02. The summed E-state index contributed by atoms with van der Waals surface area (Å²) < 4.78 is 2.07. The first-order valence-corrected chi connectivity index (χ1v) is 5.04. The predicted octanol–water partition coefficient (Wildman–Crippen LogP) is 3.23. The van der Waals surface area contributed by atoms with E-state index in [4.69, 9.17) is 0 Å². The average Bonchev–Trinajstić information content (AvgIpc) is 2.48. The number of fused-ring (bicyclic) bond motifs is 1. The molecule has 0 fully saturated rings. The zero-order valence-corrected chi connectivity index (χ0v) is 9.20. The molecule has 0 unspecified atom stereocenters. The van der Waals surface area contributed by atoms with E-state index in [1.807, 2.05) is 6.20 Å². The van der Waals surface area contributed by atoms with Crippen molar-refractivity contribution in [3.8, 4) is 0 Å². The minimum Gasteiger partial charge on any atom is -0.262 e. The van der Waals surface area contributed by atoms with Crippen LogP contribution in [0.15, 0.2) is 18.3 Å². The molecule has 1 aromatic heterocycles. The molecule has 0 saturated carbocycles. The Morgan fingerprint density at radius 3 is 2.43 bits per heavy atom. The van der Waals surface area contributed by atoms with E-state index in [9.17, 15) is 0 Å². The van der Waals surface area contributed by atoms with Crippen molar-refractivity contribution in [2.45, 2.75) is 33.7 Å². The van der Waals surface area contributed by atoms with Crippen molar-refractivity contribution in [3.05, 3.63) is 29.5 Å². The number of nitrogens with zero attached hydrogens (tertiary/aromatic N) is 2. The molecule has 0 saturated heterocycles. The Labute approximate surface area is 84.5 Å². The molecule has 2 rings (SSSR count). The highest BCUT2D eigenvalue weighted by molar-refractivity contribution is 5.80. The van der Waals surface area contributed by atoms with Crippen molar-refractivity contribution in [1.82, 2.24) is 9.78 Å². The monoisotopic (exact) mass is 188 g/mol. The van der Waals surface area contributed by atoms with E-state index in [0.29, 0.717) is 6.04 Å². The molecular weight excluding hydrogens is 172 g/mol. The maximum atomic E-state index is 4.39. The van der Waals surface area contributed by atoms with Gasteiger partial charge in [-0.15, -0.1) is 0 Å². The van der Waals surface area contributed by atoms with Gasteiger partial charge >= 0.3 is 0 Å². The molecule has 1 aromatic carbocycles. The van der Waals surface area contributed by atoms with Gasteiger partial charge in [0.25, 0.3) is 0 Å². The Balaban J connectivity index is 2.74. The molecule has 0 amide bonds. The number of aromatic nitrogens is 2. The van der Waals surface area contributed by atoms with Crippen LogP contribution in [-0.2, 0) is 0 Å². The minimum atomic E-state index is 0.426. The van der Waals surface area contributed by atoms with Gasteiger partial charge in [-0.05, 0) is 51.0 Å². The van der Waals surface area contributed by atoms with Crippen LogP contribution in [0.25, 0.3) is 10.9 Å². The van der Waals surface area contributed by atoms with Crippen LogP contribution in [0.4, 0.5) is 0 Å². The lowest BCUT2D eigenvalue weighted by molar-refractivity contribution is 0.551. The Bertz CT molecular complexity index is 466. The molecule has 0 radical (unpaired) electrons. The molecule has 0 bridgehead atoms. The number of hydrogen-bond acceptors (Lipinski definition) is 1. The van der Waals surface area contributed by atoms with Gasteiger partial charge in [-0.1, -0.05) is 0 Å². The van der Waals surface area contributed by atoms with Gasteiger partial charge in [0.2, 0.25) is 0 Å². The van der Waals surface area contributed by atoms with Gasteiger partial charge < -0.3 is 0 Å². The van der Waals surface area contributed by atoms with Gasteiger partial charge in [-0.2, -0.15) is 5.10 Å². The molecule has 2 heteroatoms. The van der Waals surface area contributed by atoms with Gasteiger partial charge in [-0.3, -0.25) is 4.68 Å². The van der Waals surface area contributed by atoms with Gasteiger partial charge in [0.1, 0.15) is 0 Å². The van der Waals surface area contributed by atoms with Crippen LogP contribution in [0.1, 0.15) is 31.0 Å². The summed E-state index contributed by atoms with van der Waals surface area (Å²) in [6.07, 6.45) is 1.95. The summed E-state index contributed by atoms with van der Waals surface area (Å²) in [4.78, 5) is 0. The van der Waals surface area contributed by atoms with Crippen molar-refractivity contribution in [1.29, 1.82) is 0 Å². The maximum absolute atomic E-state index is 4.39. The van der Waals surface area contributed by atoms with Crippen LogP contribution in [0, 0.1) is 13.8 Å². The number of benzene rings is 1. The summed E-state index contributed by atoms with van der Waals surface area (Å²) in [5.74, 6) is 0. The fraction of sp³-hybridized carbons (Fsp3) is 0.417. The van der Waals surface area contributed by atoms with Crippen LogP contribution in [0.3, 0.4) is 0 Å². The van der Waals surface area contributed by atoms with E-state index in [0.717, 1.165) is 0 Å². The fourth-order valence-corrected chi connectivity index (χ4v) is 1.72. The number of aryl methyl sites for hydroxylation is 2. The molecule has 0 spiro atoms. The van der Waals surface area contributed by atoms with Gasteiger partial charge in [-0.25, -0.2) is 0 Å². The summed E-state index contributed by atoms with van der Waals surface area (Å²) in [6.45, 7) is 8.59. The molecule has 74 valence electrons. The molecular formula is C12H16N2. The van der Waals surface area contributed by atoms with E-state index in [1.54, 1.807) is 0 Å². The highest BCUT2D eigenvalue weighted by atomic mass is 15.3. The average molecular weight is 188 g/mol. The van der Waals surface area contributed by atoms with Crippen LogP contribution < -0.4 is 0 Å². The third kappa shape index (κ3) is 1.31. The number of hydrogen-bond donors (Lipinski definition) is 0. The van der Waals surface area contributed by atoms with E-state index >= 15 is 0 Å². The van der Waals surface area contributed by atoms with Gasteiger partial charge in [0.05, 0.1) is 11.7 Å². The molecule has 2 aromatic rings. The summed E-state index contributed by atoms with van der Waals surface area (Å²) in [7, 11) is 0. The Hall–Kier alpha value is -1.31. The first-order chi connectivity index (χ1) is 6.59. The Kier molecular flexibility index (Phi) is 2.06. The Morgan fingerprint density at radius 1 is 1.14 bits per heavy atom. The Morgan fingerprint density at radius 2 is 1.79 bits per heavy atom. The SMILES string of the molecule is Cc1cc2cnn(C(C)C)c2cc1C. The van der Waals surface area contributed by atoms with Gasteiger partial charge in [0, 0.05) is 11.4 Å². The highest BCUT2D eigenvalue weighted by Crippen LogP contribution is 2.21. The molecule has 14 heavy (non-hydrogen) atoms. The summed E-state index contributed by atoms with van der Waals surface area (Å²) >= 11 is 0. The van der Waals surface area contributed by atoms with Crippen LogP contribution in [0.2, 0.25) is 0 Å². The number of rotatable bonds is 1. The summed E-state index contributed by atoms with van der Waals surface area (Å²) in [5.41, 5.74) is 3.91. The second kappa shape index (κ2) is 3.12. The second-order valence-corrected chi connectivity index (χ2v) is 4.18. The summed E-state index contributed by atoms with van der Waals surface area (Å²) in [5, 5.41) is 5.63. The smallest absolute Gasteiger partial charge is 0.0688 e. The molecule has 0 atom stereocenters. The van der Waals surface area contributed by atoms with E-state index < -0.39 is 0 Å². The third-order valence-electron chi connectivity index (χ3n) is 2.70. The van der Waals surface area contributed by atoms with Crippen LogP contribution >= 0.6 is 0 Å². The molecule has 2 nitrogen and oxygen atoms in total. The van der Waals surface area contributed by atoms with Crippen molar-refractivity contribution in [3.63, 3.8) is 0 Å². The zero-order valence-electron chi connectivity index (χ0n) is 9.20. The second-order valence-electron chi connectivity index (χ2n) is 4.18. The van der Waals surface area contributed by atoms with Crippen molar-refractivity contribution in [2.75, 3.05) is 0 Å². The van der Waals surface area contributed by atoms with Crippen molar-refractivity contribution < 1.29 is 0 Å². The largest absolute Gasteiger partial charge is 0.262 e. The van der Waals surface area contributed by atoms with Gasteiger partial charge in [0.15, 0.2) is 0 Å². The zero-order chi connectivity index (χ0) is 10.3. The predicted molar refractivity (Wildman–Crippen MR) is 59.6 cm³/mol. The van der Waals surface area contributed by atoms with E-state index in [-0.39, 0.29) is 0 Å². The molecule has 0 N–H and O–H groups in total. The fourth-order valence-electron chi connectivity index (χ4n) is 1.72. The van der Waals surface area contributed by atoms with E-state index in [1.165, 1.54) is 22.0 Å². The topological polar surface area (TPSA) is 17.8 Å². The first-order valence-electron chi connectivity index (χ1n) is 5.04. The molecule has 0 aliphatic heterocycles. The summed E-state index contributed by atoms with van der Waals surface area (Å²) in [6, 6.07) is 4.85. The maximum Gasteiger partial charge on any atom is 0.0688 e. The van der Waals surface area contributed by atoms with Crippen LogP contribution in [-0.4, -0.2) is 9.78 Å². The quantitative estimate of drug-likeness (QED) is 0.671. The normalized spacial score (nSPS) is 11.5.